The first-order valence-electron chi connectivity index (χ1n) is 6.09. The number of aromatic carboxylic acids is 1. The Hall–Kier alpha value is -2.76. The molecule has 0 aliphatic heterocycles. The highest BCUT2D eigenvalue weighted by atomic mass is 19.1. The molecule has 2 aromatic carbocycles. The van der Waals surface area contributed by atoms with Crippen LogP contribution in [-0.4, -0.2) is 18.2 Å². The second kappa shape index (κ2) is 6.13. The molecule has 6 heteroatoms. The topological polar surface area (TPSA) is 81.8 Å². The number of ether oxygens (including phenoxy) is 2. The van der Waals surface area contributed by atoms with Crippen LogP contribution in [0.25, 0.3) is 0 Å². The van der Waals surface area contributed by atoms with Crippen LogP contribution in [0.4, 0.5) is 10.1 Å². The van der Waals surface area contributed by atoms with Crippen molar-refractivity contribution in [3.8, 4) is 11.5 Å². The van der Waals surface area contributed by atoms with Gasteiger partial charge in [0.2, 0.25) is 0 Å². The largest absolute Gasteiger partial charge is 0.494 e. The predicted octanol–water partition coefficient (Wildman–Crippen LogP) is 2.69. The lowest BCUT2D eigenvalue weighted by atomic mass is 10.2. The molecule has 0 aliphatic rings. The molecule has 0 aromatic heterocycles. The molecule has 0 saturated heterocycles. The molecule has 0 radical (unpaired) electrons. The number of carbonyl (C=O) groups is 1. The molecule has 0 saturated carbocycles. The average molecular weight is 291 g/mol. The lowest BCUT2D eigenvalue weighted by Gasteiger charge is -2.10. The third kappa shape index (κ3) is 3.42. The van der Waals surface area contributed by atoms with Gasteiger partial charge in [-0.15, -0.1) is 0 Å². The van der Waals surface area contributed by atoms with Crippen molar-refractivity contribution in [3.05, 3.63) is 53.3 Å². The number of hydrogen-bond acceptors (Lipinski definition) is 4. The molecule has 3 N–H and O–H groups in total. The predicted molar refractivity (Wildman–Crippen MR) is 75.1 cm³/mol. The summed E-state index contributed by atoms with van der Waals surface area (Å²) in [4.78, 5) is 10.8. The zero-order valence-electron chi connectivity index (χ0n) is 11.3. The SMILES string of the molecule is COc1ccc(COc2ccc(C(=O)O)cc2N)cc1F. The van der Waals surface area contributed by atoms with E-state index in [9.17, 15) is 9.18 Å². The van der Waals surface area contributed by atoms with Crippen molar-refractivity contribution in [2.24, 2.45) is 0 Å². The molecule has 110 valence electrons. The number of carboxylic acid groups (broad SMARTS) is 1. The molecule has 0 amide bonds. The quantitative estimate of drug-likeness (QED) is 0.828. The Morgan fingerprint density at radius 2 is 1.95 bits per heavy atom. The smallest absolute Gasteiger partial charge is 0.335 e. The van der Waals surface area contributed by atoms with E-state index >= 15 is 0 Å². The third-order valence-electron chi connectivity index (χ3n) is 2.87. The molecule has 0 unspecified atom stereocenters. The number of nitrogens with two attached hydrogens (primary N) is 1. The van der Waals surface area contributed by atoms with Crippen LogP contribution in [0.15, 0.2) is 36.4 Å². The number of hydrogen-bond donors (Lipinski definition) is 2. The van der Waals surface area contributed by atoms with Crippen LogP contribution >= 0.6 is 0 Å². The molecule has 5 nitrogen and oxygen atoms in total. The van der Waals surface area contributed by atoms with Crippen molar-refractivity contribution < 1.29 is 23.8 Å². The highest BCUT2D eigenvalue weighted by Crippen LogP contribution is 2.24. The third-order valence-corrected chi connectivity index (χ3v) is 2.87. The van der Waals surface area contributed by atoms with Gasteiger partial charge in [0.25, 0.3) is 0 Å². The van der Waals surface area contributed by atoms with E-state index in [1.165, 1.54) is 37.4 Å². The summed E-state index contributed by atoms with van der Waals surface area (Å²) in [5.74, 6) is -1.04. The zero-order valence-corrected chi connectivity index (χ0v) is 11.3. The zero-order chi connectivity index (χ0) is 15.4. The number of benzene rings is 2. The molecular weight excluding hydrogens is 277 g/mol. The van der Waals surface area contributed by atoms with E-state index in [2.05, 4.69) is 0 Å². The van der Waals surface area contributed by atoms with Gasteiger partial charge >= 0.3 is 5.97 Å². The van der Waals surface area contributed by atoms with E-state index in [1.807, 2.05) is 0 Å². The van der Waals surface area contributed by atoms with Gasteiger partial charge in [-0.25, -0.2) is 9.18 Å². The molecule has 0 spiro atoms. The fourth-order valence-corrected chi connectivity index (χ4v) is 1.77. The van der Waals surface area contributed by atoms with Crippen LogP contribution in [0.1, 0.15) is 15.9 Å². The van der Waals surface area contributed by atoms with Crippen LogP contribution < -0.4 is 15.2 Å². The summed E-state index contributed by atoms with van der Waals surface area (Å²) in [6.45, 7) is 0.109. The number of carboxylic acids is 1. The Labute approximate surface area is 120 Å². The van der Waals surface area contributed by atoms with Crippen molar-refractivity contribution in [1.82, 2.24) is 0 Å². The minimum Gasteiger partial charge on any atom is -0.494 e. The average Bonchev–Trinajstić information content (AvgIpc) is 2.46. The molecule has 21 heavy (non-hydrogen) atoms. The number of methoxy groups -OCH3 is 1. The first kappa shape index (κ1) is 14.6. The minimum absolute atomic E-state index is 0.0790. The summed E-state index contributed by atoms with van der Waals surface area (Å²) in [6, 6.07) is 8.66. The summed E-state index contributed by atoms with van der Waals surface area (Å²) < 4.78 is 23.8. The minimum atomic E-state index is -1.06. The normalized spacial score (nSPS) is 10.2. The Morgan fingerprint density at radius 3 is 2.52 bits per heavy atom. The first-order chi connectivity index (χ1) is 10.0. The van der Waals surface area contributed by atoms with E-state index in [1.54, 1.807) is 6.07 Å². The van der Waals surface area contributed by atoms with E-state index < -0.39 is 11.8 Å². The Balaban J connectivity index is 2.09. The van der Waals surface area contributed by atoms with Gasteiger partial charge < -0.3 is 20.3 Å². The van der Waals surface area contributed by atoms with E-state index in [0.29, 0.717) is 11.3 Å². The van der Waals surface area contributed by atoms with Gasteiger partial charge in [-0.1, -0.05) is 6.07 Å². The lowest BCUT2D eigenvalue weighted by Crippen LogP contribution is -2.02. The molecule has 0 fully saturated rings. The molecule has 2 rings (SSSR count). The van der Waals surface area contributed by atoms with Crippen LogP contribution in [0.3, 0.4) is 0 Å². The summed E-state index contributed by atoms with van der Waals surface area (Å²) in [7, 11) is 1.39. The highest BCUT2D eigenvalue weighted by Gasteiger charge is 2.08. The number of anilines is 1. The van der Waals surface area contributed by atoms with Crippen molar-refractivity contribution in [2.45, 2.75) is 6.61 Å². The van der Waals surface area contributed by atoms with Gasteiger partial charge in [0.05, 0.1) is 18.4 Å². The standard InChI is InChI=1S/C15H14FNO4/c1-20-13-4-2-9(6-11(13)16)8-21-14-5-3-10(15(18)19)7-12(14)17/h2-7H,8,17H2,1H3,(H,18,19). The molecule has 0 aliphatic carbocycles. The van der Waals surface area contributed by atoms with Gasteiger partial charge in [0.15, 0.2) is 11.6 Å². The van der Waals surface area contributed by atoms with Gasteiger partial charge in [-0.3, -0.25) is 0 Å². The van der Waals surface area contributed by atoms with E-state index in [-0.39, 0.29) is 23.6 Å². The van der Waals surface area contributed by atoms with Gasteiger partial charge in [0, 0.05) is 0 Å². The Bertz CT molecular complexity index is 673. The fraction of sp³-hybridized carbons (Fsp3) is 0.133. The number of halogens is 1. The van der Waals surface area contributed by atoms with Crippen molar-refractivity contribution in [1.29, 1.82) is 0 Å². The van der Waals surface area contributed by atoms with E-state index in [0.717, 1.165) is 0 Å². The second-order valence-corrected chi connectivity index (χ2v) is 4.32. The summed E-state index contributed by atoms with van der Waals surface area (Å²) in [5.41, 5.74) is 6.61. The monoisotopic (exact) mass is 291 g/mol. The number of nitrogen functional groups attached to an aromatic ring is 1. The van der Waals surface area contributed by atoms with Gasteiger partial charge in [-0.2, -0.15) is 0 Å². The first-order valence-corrected chi connectivity index (χ1v) is 6.09. The molecule has 0 atom stereocenters. The molecular formula is C15H14FNO4. The maximum atomic E-state index is 13.5. The summed E-state index contributed by atoms with van der Waals surface area (Å²) in [6.07, 6.45) is 0. The summed E-state index contributed by atoms with van der Waals surface area (Å²) in [5, 5.41) is 8.84. The van der Waals surface area contributed by atoms with Crippen molar-refractivity contribution >= 4 is 11.7 Å². The van der Waals surface area contributed by atoms with Crippen LogP contribution in [0, 0.1) is 5.82 Å². The Morgan fingerprint density at radius 1 is 1.24 bits per heavy atom. The molecule has 0 bridgehead atoms. The van der Waals surface area contributed by atoms with Crippen LogP contribution in [0.2, 0.25) is 0 Å². The van der Waals surface area contributed by atoms with Crippen LogP contribution in [0.5, 0.6) is 11.5 Å². The lowest BCUT2D eigenvalue weighted by molar-refractivity contribution is 0.0697. The van der Waals surface area contributed by atoms with Crippen molar-refractivity contribution in [3.63, 3.8) is 0 Å². The maximum Gasteiger partial charge on any atom is 0.335 e. The van der Waals surface area contributed by atoms with Crippen molar-refractivity contribution in [2.75, 3.05) is 12.8 Å². The maximum absolute atomic E-state index is 13.5. The van der Waals surface area contributed by atoms with Gasteiger partial charge in [0.1, 0.15) is 12.4 Å². The van der Waals surface area contributed by atoms with Crippen LogP contribution in [-0.2, 0) is 6.61 Å². The number of rotatable bonds is 5. The van der Waals surface area contributed by atoms with E-state index in [4.69, 9.17) is 20.3 Å². The molecule has 0 heterocycles. The van der Waals surface area contributed by atoms with Gasteiger partial charge in [-0.05, 0) is 35.9 Å². The second-order valence-electron chi connectivity index (χ2n) is 4.32. The highest BCUT2D eigenvalue weighted by molar-refractivity contribution is 5.89. The molecule has 2 aromatic rings. The summed E-state index contributed by atoms with van der Waals surface area (Å²) >= 11 is 0. The fourth-order valence-electron chi connectivity index (χ4n) is 1.77. The Kier molecular flexibility index (Phi) is 4.27.